The molecule has 1 aliphatic carbocycles. The van der Waals surface area contributed by atoms with Crippen molar-refractivity contribution in [3.63, 3.8) is 0 Å². The summed E-state index contributed by atoms with van der Waals surface area (Å²) in [5.41, 5.74) is 4.76. The lowest BCUT2D eigenvalue weighted by Gasteiger charge is -2.26. The van der Waals surface area contributed by atoms with Gasteiger partial charge in [-0.1, -0.05) is 36.8 Å². The molecule has 1 fully saturated rings. The van der Waals surface area contributed by atoms with E-state index in [1.165, 1.54) is 28.6 Å². The molecule has 4 heteroatoms. The van der Waals surface area contributed by atoms with Crippen LogP contribution in [-0.2, 0) is 4.79 Å². The maximum atomic E-state index is 12.4. The molecule has 3 aromatic rings. The van der Waals surface area contributed by atoms with Gasteiger partial charge in [0.25, 0.3) is 0 Å². The molecule has 1 heterocycles. The van der Waals surface area contributed by atoms with Crippen molar-refractivity contribution < 1.29 is 4.79 Å². The van der Waals surface area contributed by atoms with Crippen LogP contribution in [0.25, 0.3) is 10.9 Å². The average molecular weight is 361 g/mol. The number of amides is 1. The molecule has 2 N–H and O–H groups in total. The molecule has 1 atom stereocenters. The summed E-state index contributed by atoms with van der Waals surface area (Å²) >= 11 is 0. The third-order valence-electron chi connectivity index (χ3n) is 5.76. The number of nitrogens with zero attached hydrogens (tertiary/aromatic N) is 1. The lowest BCUT2D eigenvalue weighted by atomic mass is 9.84. The minimum absolute atomic E-state index is 0.126. The van der Waals surface area contributed by atoms with Crippen molar-refractivity contribution in [3.05, 3.63) is 65.9 Å². The van der Waals surface area contributed by atoms with Gasteiger partial charge in [0.2, 0.25) is 5.91 Å². The second-order valence-corrected chi connectivity index (χ2v) is 7.70. The Kier molecular flexibility index (Phi) is 4.88. The van der Waals surface area contributed by atoms with Crippen molar-refractivity contribution in [2.24, 2.45) is 5.92 Å². The molecule has 1 amide bonds. The van der Waals surface area contributed by atoms with Crippen molar-refractivity contribution >= 4 is 22.5 Å². The van der Waals surface area contributed by atoms with E-state index in [-0.39, 0.29) is 17.7 Å². The van der Waals surface area contributed by atoms with Crippen LogP contribution in [0.4, 0.5) is 5.69 Å². The van der Waals surface area contributed by atoms with Crippen LogP contribution in [0.15, 0.2) is 54.7 Å². The van der Waals surface area contributed by atoms with Crippen LogP contribution in [0.1, 0.15) is 36.3 Å². The summed E-state index contributed by atoms with van der Waals surface area (Å²) in [6, 6.07) is 17.0. The number of carbonyl (C=O) groups is 1. The minimum Gasteiger partial charge on any atom is -0.378 e. The Balaban J connectivity index is 1.64. The summed E-state index contributed by atoms with van der Waals surface area (Å²) in [7, 11) is 4.09. The second kappa shape index (κ2) is 7.47. The number of fused-ring (bicyclic) bond motifs is 1. The van der Waals surface area contributed by atoms with E-state index in [2.05, 4.69) is 63.9 Å². The smallest absolute Gasteiger partial charge is 0.223 e. The highest BCUT2D eigenvalue weighted by molar-refractivity contribution is 5.84. The van der Waals surface area contributed by atoms with Crippen molar-refractivity contribution in [2.75, 3.05) is 25.5 Å². The first-order valence-corrected chi connectivity index (χ1v) is 9.74. The van der Waals surface area contributed by atoms with Crippen LogP contribution >= 0.6 is 0 Å². The van der Waals surface area contributed by atoms with Crippen molar-refractivity contribution in [1.29, 1.82) is 0 Å². The van der Waals surface area contributed by atoms with E-state index < -0.39 is 0 Å². The molecule has 1 aliphatic rings. The quantitative estimate of drug-likeness (QED) is 0.688. The number of H-pyrrole nitrogens is 1. The fourth-order valence-corrected chi connectivity index (χ4v) is 3.81. The van der Waals surface area contributed by atoms with Crippen molar-refractivity contribution in [2.45, 2.75) is 25.2 Å². The Labute approximate surface area is 160 Å². The molecule has 27 heavy (non-hydrogen) atoms. The van der Waals surface area contributed by atoms with E-state index in [4.69, 9.17) is 0 Å². The van der Waals surface area contributed by atoms with Gasteiger partial charge in [-0.05, 0) is 42.2 Å². The zero-order chi connectivity index (χ0) is 18.8. The largest absolute Gasteiger partial charge is 0.378 e. The molecule has 4 nitrogen and oxygen atoms in total. The van der Waals surface area contributed by atoms with Crippen LogP contribution < -0.4 is 10.2 Å². The van der Waals surface area contributed by atoms with Crippen molar-refractivity contribution in [1.82, 2.24) is 10.3 Å². The molecule has 0 saturated heterocycles. The molecule has 0 bridgehead atoms. The Hall–Kier alpha value is -2.75. The first kappa shape index (κ1) is 17.7. The highest BCUT2D eigenvalue weighted by atomic mass is 16.1. The topological polar surface area (TPSA) is 48.1 Å². The number of carbonyl (C=O) groups excluding carboxylic acids is 1. The van der Waals surface area contributed by atoms with Gasteiger partial charge in [0.1, 0.15) is 0 Å². The standard InChI is InChI=1S/C23H27N3O/c1-26(2)18-12-10-16(11-13-18)20(14-25-23(27)17-6-5-7-17)21-15-24-22-9-4-3-8-19(21)22/h3-4,8-13,15,17,20,24H,5-7,14H2,1-2H3,(H,25,27)/t20-/m0/s1. The fourth-order valence-electron chi connectivity index (χ4n) is 3.81. The number of aromatic amines is 1. The zero-order valence-corrected chi connectivity index (χ0v) is 16.0. The molecule has 2 aromatic carbocycles. The molecule has 0 radical (unpaired) electrons. The van der Waals surface area contributed by atoms with E-state index >= 15 is 0 Å². The maximum absolute atomic E-state index is 12.4. The minimum atomic E-state index is 0.126. The molecular weight excluding hydrogens is 334 g/mol. The van der Waals surface area contributed by atoms with Gasteiger partial charge in [0, 0.05) is 55.3 Å². The van der Waals surface area contributed by atoms with Gasteiger partial charge < -0.3 is 15.2 Å². The third-order valence-corrected chi connectivity index (χ3v) is 5.76. The number of hydrogen-bond donors (Lipinski definition) is 2. The van der Waals surface area contributed by atoms with Gasteiger partial charge in [0.05, 0.1) is 0 Å². The molecule has 4 rings (SSSR count). The lowest BCUT2D eigenvalue weighted by molar-refractivity contribution is -0.127. The van der Waals surface area contributed by atoms with Crippen molar-refractivity contribution in [3.8, 4) is 0 Å². The molecule has 140 valence electrons. The van der Waals surface area contributed by atoms with Crippen LogP contribution in [0.3, 0.4) is 0 Å². The van der Waals surface area contributed by atoms with E-state index in [0.717, 1.165) is 18.4 Å². The van der Waals surface area contributed by atoms with Gasteiger partial charge >= 0.3 is 0 Å². The monoisotopic (exact) mass is 361 g/mol. The van der Waals surface area contributed by atoms with Crippen LogP contribution in [0, 0.1) is 5.92 Å². The van der Waals surface area contributed by atoms with E-state index in [9.17, 15) is 4.79 Å². The van der Waals surface area contributed by atoms with E-state index in [1.807, 2.05) is 20.2 Å². The number of nitrogens with one attached hydrogen (secondary N) is 2. The summed E-state index contributed by atoms with van der Waals surface area (Å²) in [6.07, 6.45) is 5.32. The lowest BCUT2D eigenvalue weighted by Crippen LogP contribution is -2.36. The number of para-hydroxylation sites is 1. The molecule has 1 saturated carbocycles. The van der Waals surface area contributed by atoms with Crippen LogP contribution in [0.5, 0.6) is 0 Å². The Morgan fingerprint density at radius 1 is 1.15 bits per heavy atom. The third kappa shape index (κ3) is 3.57. The van der Waals surface area contributed by atoms with Gasteiger partial charge in [-0.25, -0.2) is 0 Å². The SMILES string of the molecule is CN(C)c1ccc([C@H](CNC(=O)C2CCC2)c2c[nH]c3ccccc23)cc1. The summed E-state index contributed by atoms with van der Waals surface area (Å²) < 4.78 is 0. The Morgan fingerprint density at radius 2 is 1.89 bits per heavy atom. The normalized spacial score (nSPS) is 15.3. The first-order chi connectivity index (χ1) is 13.1. The van der Waals surface area contributed by atoms with Gasteiger partial charge in [-0.2, -0.15) is 0 Å². The van der Waals surface area contributed by atoms with E-state index in [0.29, 0.717) is 6.54 Å². The van der Waals surface area contributed by atoms with Gasteiger partial charge in [-0.3, -0.25) is 4.79 Å². The number of rotatable bonds is 6. The molecule has 0 aliphatic heterocycles. The molecule has 0 spiro atoms. The predicted molar refractivity (Wildman–Crippen MR) is 111 cm³/mol. The van der Waals surface area contributed by atoms with Crippen LogP contribution in [-0.4, -0.2) is 31.5 Å². The summed E-state index contributed by atoms with van der Waals surface area (Å²) in [6.45, 7) is 0.624. The highest BCUT2D eigenvalue weighted by Gasteiger charge is 2.26. The predicted octanol–water partition coefficient (Wildman–Crippen LogP) is 4.28. The number of anilines is 1. The molecular formula is C23H27N3O. The zero-order valence-electron chi connectivity index (χ0n) is 16.0. The fraction of sp³-hybridized carbons (Fsp3) is 0.348. The van der Waals surface area contributed by atoms with Gasteiger partial charge in [0.15, 0.2) is 0 Å². The van der Waals surface area contributed by atoms with Crippen LogP contribution in [0.2, 0.25) is 0 Å². The Bertz CT molecular complexity index is 922. The summed E-state index contributed by atoms with van der Waals surface area (Å²) in [5.74, 6) is 0.544. The summed E-state index contributed by atoms with van der Waals surface area (Å²) in [4.78, 5) is 17.9. The molecule has 1 aromatic heterocycles. The Morgan fingerprint density at radius 3 is 2.56 bits per heavy atom. The number of hydrogen-bond acceptors (Lipinski definition) is 2. The van der Waals surface area contributed by atoms with E-state index in [1.54, 1.807) is 0 Å². The summed E-state index contributed by atoms with van der Waals surface area (Å²) in [5, 5.41) is 4.43. The maximum Gasteiger partial charge on any atom is 0.223 e. The number of benzene rings is 2. The number of aromatic nitrogens is 1. The average Bonchev–Trinajstić information content (AvgIpc) is 3.05. The molecule has 0 unspecified atom stereocenters. The highest BCUT2D eigenvalue weighted by Crippen LogP contribution is 2.32. The second-order valence-electron chi connectivity index (χ2n) is 7.70. The van der Waals surface area contributed by atoms with Gasteiger partial charge in [-0.15, -0.1) is 0 Å². The first-order valence-electron chi connectivity index (χ1n) is 9.74.